The van der Waals surface area contributed by atoms with Crippen LogP contribution in [0.2, 0.25) is 0 Å². The fraction of sp³-hybridized carbons (Fsp3) is 0.545. The maximum absolute atomic E-state index is 12.5. The maximum Gasteiger partial charge on any atom is 0.406 e. The molecule has 0 aliphatic heterocycles. The largest absolute Gasteiger partial charge is 0.406 e. The Kier molecular flexibility index (Phi) is 4.33. The summed E-state index contributed by atoms with van der Waals surface area (Å²) < 4.78 is 37.6. The quantitative estimate of drug-likeness (QED) is 0.649. The number of hydrogen-bond acceptors (Lipinski definition) is 4. The third-order valence-electron chi connectivity index (χ3n) is 2.35. The second-order valence-electron chi connectivity index (χ2n) is 4.45. The van der Waals surface area contributed by atoms with Crippen molar-refractivity contribution in [1.82, 2.24) is 9.97 Å². The molecular formula is C11H16F3N5. The molecule has 0 aliphatic carbocycles. The van der Waals surface area contributed by atoms with Crippen LogP contribution in [0, 0.1) is 12.3 Å². The Morgan fingerprint density at radius 2 is 2.00 bits per heavy atom. The predicted octanol–water partition coefficient (Wildman–Crippen LogP) is 1.85. The van der Waals surface area contributed by atoms with Crippen LogP contribution in [-0.2, 0) is 0 Å². The van der Waals surface area contributed by atoms with Crippen molar-refractivity contribution in [2.75, 3.05) is 11.4 Å². The monoisotopic (exact) mass is 275 g/mol. The van der Waals surface area contributed by atoms with Crippen LogP contribution in [0.1, 0.15) is 25.2 Å². The first kappa shape index (κ1) is 15.2. The Hall–Kier alpha value is -1.86. The second kappa shape index (κ2) is 5.41. The highest BCUT2D eigenvalue weighted by Crippen LogP contribution is 2.22. The Balaban J connectivity index is 3.19. The molecule has 1 aromatic rings. The molecule has 0 saturated heterocycles. The third-order valence-corrected chi connectivity index (χ3v) is 2.35. The molecule has 0 atom stereocenters. The van der Waals surface area contributed by atoms with Crippen LogP contribution < -0.4 is 10.6 Å². The number of amidine groups is 1. The van der Waals surface area contributed by atoms with Crippen LogP contribution >= 0.6 is 0 Å². The minimum absolute atomic E-state index is 0.0717. The van der Waals surface area contributed by atoms with Crippen LogP contribution in [-0.4, -0.2) is 34.6 Å². The first-order valence-corrected chi connectivity index (χ1v) is 5.63. The maximum atomic E-state index is 12.5. The average molecular weight is 275 g/mol. The highest BCUT2D eigenvalue weighted by atomic mass is 19.4. The fourth-order valence-electron chi connectivity index (χ4n) is 1.50. The van der Waals surface area contributed by atoms with E-state index in [0.717, 1.165) is 4.90 Å². The first-order valence-electron chi connectivity index (χ1n) is 5.63. The van der Waals surface area contributed by atoms with Gasteiger partial charge in [0.1, 0.15) is 18.1 Å². The number of alkyl halides is 3. The molecule has 0 amide bonds. The lowest BCUT2D eigenvalue weighted by atomic mass is 10.3. The Morgan fingerprint density at radius 3 is 2.42 bits per heavy atom. The summed E-state index contributed by atoms with van der Waals surface area (Å²) in [6.07, 6.45) is -4.35. The molecule has 8 heteroatoms. The van der Waals surface area contributed by atoms with Gasteiger partial charge in [-0.05, 0) is 26.8 Å². The van der Waals surface area contributed by atoms with E-state index in [1.807, 2.05) is 0 Å². The van der Waals surface area contributed by atoms with Crippen LogP contribution in [0.5, 0.6) is 0 Å². The molecule has 106 valence electrons. The summed E-state index contributed by atoms with van der Waals surface area (Å²) in [6.45, 7) is 3.70. The SMILES string of the molecule is Cc1cc(C(=N)N)nc(N(CC(F)(F)F)C(C)C)n1. The van der Waals surface area contributed by atoms with Crippen molar-refractivity contribution in [2.45, 2.75) is 33.0 Å². The van der Waals surface area contributed by atoms with E-state index in [-0.39, 0.29) is 17.5 Å². The van der Waals surface area contributed by atoms with E-state index in [0.29, 0.717) is 5.69 Å². The number of rotatable bonds is 4. The number of aromatic nitrogens is 2. The minimum atomic E-state index is -4.35. The lowest BCUT2D eigenvalue weighted by Crippen LogP contribution is -2.40. The van der Waals surface area contributed by atoms with Crippen LogP contribution in [0.15, 0.2) is 6.07 Å². The van der Waals surface area contributed by atoms with Crippen LogP contribution in [0.4, 0.5) is 19.1 Å². The normalized spacial score (nSPS) is 11.7. The highest BCUT2D eigenvalue weighted by Gasteiger charge is 2.33. The minimum Gasteiger partial charge on any atom is -0.382 e. The van der Waals surface area contributed by atoms with E-state index in [4.69, 9.17) is 11.1 Å². The summed E-state index contributed by atoms with van der Waals surface area (Å²) in [5, 5.41) is 7.30. The zero-order valence-electron chi connectivity index (χ0n) is 10.9. The fourth-order valence-corrected chi connectivity index (χ4v) is 1.50. The molecule has 0 unspecified atom stereocenters. The van der Waals surface area contributed by atoms with E-state index in [1.54, 1.807) is 20.8 Å². The number of hydrogen-bond donors (Lipinski definition) is 2. The van der Waals surface area contributed by atoms with Crippen molar-refractivity contribution >= 4 is 11.8 Å². The molecular weight excluding hydrogens is 259 g/mol. The van der Waals surface area contributed by atoms with Gasteiger partial charge in [0.05, 0.1) is 0 Å². The van der Waals surface area contributed by atoms with Gasteiger partial charge in [-0.1, -0.05) is 0 Å². The molecule has 1 rings (SSSR count). The van der Waals surface area contributed by atoms with Gasteiger partial charge in [0.2, 0.25) is 5.95 Å². The summed E-state index contributed by atoms with van der Waals surface area (Å²) in [5.41, 5.74) is 5.89. The van der Waals surface area contributed by atoms with Crippen LogP contribution in [0.3, 0.4) is 0 Å². The number of nitrogens with one attached hydrogen (secondary N) is 1. The lowest BCUT2D eigenvalue weighted by molar-refractivity contribution is -0.120. The number of nitrogen functional groups attached to an aromatic ring is 1. The molecule has 0 spiro atoms. The summed E-state index contributed by atoms with van der Waals surface area (Å²) >= 11 is 0. The van der Waals surface area contributed by atoms with Crippen molar-refractivity contribution in [3.8, 4) is 0 Å². The van der Waals surface area contributed by atoms with Crippen molar-refractivity contribution < 1.29 is 13.2 Å². The van der Waals surface area contributed by atoms with Gasteiger partial charge in [0, 0.05) is 11.7 Å². The van der Waals surface area contributed by atoms with E-state index in [9.17, 15) is 13.2 Å². The molecule has 3 N–H and O–H groups in total. The molecule has 0 aliphatic rings. The zero-order valence-corrected chi connectivity index (χ0v) is 10.9. The number of halogens is 3. The summed E-state index contributed by atoms with van der Waals surface area (Å²) in [6, 6.07) is 1.03. The van der Waals surface area contributed by atoms with Gasteiger partial charge >= 0.3 is 6.18 Å². The van der Waals surface area contributed by atoms with Gasteiger partial charge < -0.3 is 10.6 Å². The van der Waals surface area contributed by atoms with E-state index < -0.39 is 18.8 Å². The van der Waals surface area contributed by atoms with E-state index in [1.165, 1.54) is 6.07 Å². The highest BCUT2D eigenvalue weighted by molar-refractivity contribution is 5.93. The summed E-state index contributed by atoms with van der Waals surface area (Å²) in [5.74, 6) is -0.375. The van der Waals surface area contributed by atoms with E-state index >= 15 is 0 Å². The topological polar surface area (TPSA) is 78.9 Å². The molecule has 0 aromatic carbocycles. The number of nitrogens with zero attached hydrogens (tertiary/aromatic N) is 3. The van der Waals surface area contributed by atoms with Crippen molar-refractivity contribution in [3.63, 3.8) is 0 Å². The number of nitrogens with two attached hydrogens (primary N) is 1. The van der Waals surface area contributed by atoms with Crippen molar-refractivity contribution in [1.29, 1.82) is 5.41 Å². The Labute approximate surface area is 109 Å². The molecule has 0 radical (unpaired) electrons. The molecule has 1 heterocycles. The van der Waals surface area contributed by atoms with Gasteiger partial charge in [-0.2, -0.15) is 13.2 Å². The second-order valence-corrected chi connectivity index (χ2v) is 4.45. The van der Waals surface area contributed by atoms with Gasteiger partial charge in [-0.15, -0.1) is 0 Å². The Bertz CT molecular complexity index is 470. The lowest BCUT2D eigenvalue weighted by Gasteiger charge is -2.28. The van der Waals surface area contributed by atoms with Gasteiger partial charge in [0.15, 0.2) is 0 Å². The van der Waals surface area contributed by atoms with E-state index in [2.05, 4.69) is 9.97 Å². The van der Waals surface area contributed by atoms with Crippen molar-refractivity contribution in [3.05, 3.63) is 17.5 Å². The molecule has 5 nitrogen and oxygen atoms in total. The van der Waals surface area contributed by atoms with Gasteiger partial charge in [-0.3, -0.25) is 5.41 Å². The molecule has 19 heavy (non-hydrogen) atoms. The molecule has 0 saturated carbocycles. The Morgan fingerprint density at radius 1 is 1.42 bits per heavy atom. The standard InChI is InChI=1S/C11H16F3N5/c1-6(2)19(5-11(12,13)14)10-17-7(3)4-8(18-10)9(15)16/h4,6H,5H2,1-3H3,(H3,15,16). The molecule has 0 fully saturated rings. The first-order chi connectivity index (χ1) is 8.60. The number of anilines is 1. The predicted molar refractivity (Wildman–Crippen MR) is 66.3 cm³/mol. The van der Waals surface area contributed by atoms with Crippen molar-refractivity contribution in [2.24, 2.45) is 5.73 Å². The van der Waals surface area contributed by atoms with Gasteiger partial charge in [0.25, 0.3) is 0 Å². The zero-order chi connectivity index (χ0) is 14.8. The molecule has 0 bridgehead atoms. The average Bonchev–Trinajstić information content (AvgIpc) is 2.23. The summed E-state index contributed by atoms with van der Waals surface area (Å²) in [7, 11) is 0. The molecule has 1 aromatic heterocycles. The van der Waals surface area contributed by atoms with Crippen LogP contribution in [0.25, 0.3) is 0 Å². The summed E-state index contributed by atoms with van der Waals surface area (Å²) in [4.78, 5) is 8.92. The third kappa shape index (κ3) is 4.38. The number of aryl methyl sites for hydroxylation is 1. The smallest absolute Gasteiger partial charge is 0.382 e. The van der Waals surface area contributed by atoms with Gasteiger partial charge in [-0.25, -0.2) is 9.97 Å².